The molecule has 0 bridgehead atoms. The molecule has 0 radical (unpaired) electrons. The Morgan fingerprint density at radius 1 is 1.07 bits per heavy atom. The van der Waals surface area contributed by atoms with Crippen molar-refractivity contribution in [3.63, 3.8) is 0 Å². The lowest BCUT2D eigenvalue weighted by atomic mass is 10.1. The molecule has 0 spiro atoms. The van der Waals surface area contributed by atoms with Crippen molar-refractivity contribution in [1.29, 1.82) is 0 Å². The molecule has 3 rings (SSSR count). The summed E-state index contributed by atoms with van der Waals surface area (Å²) in [5, 5.41) is 2.95. The first-order chi connectivity index (χ1) is 14.1. The van der Waals surface area contributed by atoms with Crippen LogP contribution in [0.2, 0.25) is 0 Å². The SMILES string of the molecule is CCOc1ccc(C(=O)CCC(=O)N[C@@H](C)c2ccc(-n3ccnc3)cc2)cc1. The van der Waals surface area contributed by atoms with Gasteiger partial charge in [-0.1, -0.05) is 12.1 Å². The van der Waals surface area contributed by atoms with Crippen molar-refractivity contribution in [3.8, 4) is 11.4 Å². The molecule has 0 saturated heterocycles. The summed E-state index contributed by atoms with van der Waals surface area (Å²) in [7, 11) is 0. The van der Waals surface area contributed by atoms with Crippen LogP contribution in [-0.4, -0.2) is 27.8 Å². The van der Waals surface area contributed by atoms with E-state index in [1.54, 1.807) is 36.8 Å². The van der Waals surface area contributed by atoms with Crippen LogP contribution in [0.5, 0.6) is 5.75 Å². The Morgan fingerprint density at radius 3 is 2.41 bits per heavy atom. The van der Waals surface area contributed by atoms with Gasteiger partial charge in [-0.25, -0.2) is 4.98 Å². The van der Waals surface area contributed by atoms with Gasteiger partial charge in [0.15, 0.2) is 5.78 Å². The van der Waals surface area contributed by atoms with Crippen LogP contribution in [0.15, 0.2) is 67.3 Å². The minimum Gasteiger partial charge on any atom is -0.494 e. The van der Waals surface area contributed by atoms with E-state index in [4.69, 9.17) is 4.74 Å². The van der Waals surface area contributed by atoms with Gasteiger partial charge in [0.05, 0.1) is 19.0 Å². The van der Waals surface area contributed by atoms with E-state index in [-0.39, 0.29) is 30.6 Å². The van der Waals surface area contributed by atoms with E-state index in [0.717, 1.165) is 17.0 Å². The first-order valence-corrected chi connectivity index (χ1v) is 9.70. The van der Waals surface area contributed by atoms with Gasteiger partial charge >= 0.3 is 0 Å². The Morgan fingerprint density at radius 2 is 1.79 bits per heavy atom. The number of carbonyl (C=O) groups excluding carboxylic acids is 2. The highest BCUT2D eigenvalue weighted by molar-refractivity contribution is 5.98. The van der Waals surface area contributed by atoms with Crippen molar-refractivity contribution < 1.29 is 14.3 Å². The van der Waals surface area contributed by atoms with Gasteiger partial charge < -0.3 is 14.6 Å². The van der Waals surface area contributed by atoms with E-state index in [1.807, 2.05) is 48.9 Å². The van der Waals surface area contributed by atoms with Crippen LogP contribution in [0.25, 0.3) is 5.69 Å². The highest BCUT2D eigenvalue weighted by Gasteiger charge is 2.13. The highest BCUT2D eigenvalue weighted by atomic mass is 16.5. The van der Waals surface area contributed by atoms with Gasteiger partial charge in [0.1, 0.15) is 5.75 Å². The van der Waals surface area contributed by atoms with Gasteiger partial charge in [-0.3, -0.25) is 9.59 Å². The molecule has 1 N–H and O–H groups in total. The number of nitrogens with one attached hydrogen (secondary N) is 1. The van der Waals surface area contributed by atoms with Crippen molar-refractivity contribution in [2.75, 3.05) is 6.61 Å². The molecule has 0 fully saturated rings. The fourth-order valence-corrected chi connectivity index (χ4v) is 3.02. The molecule has 0 aliphatic carbocycles. The predicted octanol–water partition coefficient (Wildman–Crippen LogP) is 4.11. The van der Waals surface area contributed by atoms with E-state index in [1.165, 1.54) is 0 Å². The maximum atomic E-state index is 12.3. The quantitative estimate of drug-likeness (QED) is 0.557. The van der Waals surface area contributed by atoms with E-state index < -0.39 is 0 Å². The van der Waals surface area contributed by atoms with Gasteiger partial charge in [-0.15, -0.1) is 0 Å². The first-order valence-electron chi connectivity index (χ1n) is 9.70. The lowest BCUT2D eigenvalue weighted by molar-refractivity contribution is -0.121. The third kappa shape index (κ3) is 5.54. The largest absolute Gasteiger partial charge is 0.494 e. The van der Waals surface area contributed by atoms with Crippen molar-refractivity contribution in [3.05, 3.63) is 78.4 Å². The number of rotatable bonds is 9. The van der Waals surface area contributed by atoms with Gasteiger partial charge in [0.25, 0.3) is 0 Å². The molecule has 1 atom stereocenters. The minimum absolute atomic E-state index is 0.0551. The second-order valence-corrected chi connectivity index (χ2v) is 6.73. The molecule has 1 aromatic heterocycles. The summed E-state index contributed by atoms with van der Waals surface area (Å²) < 4.78 is 7.29. The van der Waals surface area contributed by atoms with Gasteiger partial charge in [0, 0.05) is 36.5 Å². The van der Waals surface area contributed by atoms with Crippen LogP contribution in [0.4, 0.5) is 0 Å². The fraction of sp³-hybridized carbons (Fsp3) is 0.261. The molecule has 29 heavy (non-hydrogen) atoms. The molecule has 6 nitrogen and oxygen atoms in total. The molecular weight excluding hydrogens is 366 g/mol. The maximum absolute atomic E-state index is 12.3. The summed E-state index contributed by atoms with van der Waals surface area (Å²) in [6.45, 7) is 4.42. The number of carbonyl (C=O) groups is 2. The van der Waals surface area contributed by atoms with Crippen LogP contribution in [-0.2, 0) is 4.79 Å². The molecular formula is C23H25N3O3. The lowest BCUT2D eigenvalue weighted by Gasteiger charge is -2.15. The number of amides is 1. The van der Waals surface area contributed by atoms with Gasteiger partial charge in [-0.05, 0) is 55.8 Å². The third-order valence-electron chi connectivity index (χ3n) is 4.64. The van der Waals surface area contributed by atoms with Crippen molar-refractivity contribution >= 4 is 11.7 Å². The first kappa shape index (κ1) is 20.3. The van der Waals surface area contributed by atoms with Crippen LogP contribution >= 0.6 is 0 Å². The lowest BCUT2D eigenvalue weighted by Crippen LogP contribution is -2.27. The molecule has 0 aliphatic rings. The summed E-state index contributed by atoms with van der Waals surface area (Å²) in [5.41, 5.74) is 2.59. The smallest absolute Gasteiger partial charge is 0.220 e. The second-order valence-electron chi connectivity index (χ2n) is 6.73. The minimum atomic E-state index is -0.143. The van der Waals surface area contributed by atoms with Crippen molar-refractivity contribution in [2.45, 2.75) is 32.7 Å². The van der Waals surface area contributed by atoms with E-state index >= 15 is 0 Å². The standard InChI is InChI=1S/C23H25N3O3/c1-3-29-21-10-6-19(7-11-21)22(27)12-13-23(28)25-17(2)18-4-8-20(9-5-18)26-15-14-24-16-26/h4-11,14-17H,3,12-13H2,1-2H3,(H,25,28)/t17-/m0/s1. The number of Topliss-reactive ketones (excluding diaryl/α,β-unsaturated/α-hetero) is 1. The Kier molecular flexibility index (Phi) is 6.79. The topological polar surface area (TPSA) is 73.2 Å². The average Bonchev–Trinajstić information content (AvgIpc) is 3.28. The predicted molar refractivity (Wildman–Crippen MR) is 111 cm³/mol. The summed E-state index contributed by atoms with van der Waals surface area (Å²) in [6.07, 6.45) is 5.67. The normalized spacial score (nSPS) is 11.7. The van der Waals surface area contributed by atoms with Crippen molar-refractivity contribution in [2.24, 2.45) is 0 Å². The number of aromatic nitrogens is 2. The summed E-state index contributed by atoms with van der Waals surface area (Å²) in [5.74, 6) is 0.533. The molecule has 0 aliphatic heterocycles. The Hall–Kier alpha value is -3.41. The number of ketones is 1. The number of benzene rings is 2. The maximum Gasteiger partial charge on any atom is 0.220 e. The van der Waals surface area contributed by atoms with E-state index in [0.29, 0.717) is 12.2 Å². The van der Waals surface area contributed by atoms with Crippen molar-refractivity contribution in [1.82, 2.24) is 14.9 Å². The number of imidazole rings is 1. The number of nitrogens with zero attached hydrogens (tertiary/aromatic N) is 2. The van der Waals surface area contributed by atoms with Gasteiger partial charge in [-0.2, -0.15) is 0 Å². The molecule has 150 valence electrons. The molecule has 3 aromatic rings. The fourth-order valence-electron chi connectivity index (χ4n) is 3.02. The van der Waals surface area contributed by atoms with E-state index in [9.17, 15) is 9.59 Å². The van der Waals surface area contributed by atoms with Crippen LogP contribution in [0, 0.1) is 0 Å². The van der Waals surface area contributed by atoms with Crippen LogP contribution < -0.4 is 10.1 Å². The molecule has 0 saturated carbocycles. The van der Waals surface area contributed by atoms with Crippen LogP contribution in [0.3, 0.4) is 0 Å². The summed E-state index contributed by atoms with van der Waals surface area (Å²) in [6, 6.07) is 14.8. The third-order valence-corrected chi connectivity index (χ3v) is 4.64. The monoisotopic (exact) mass is 391 g/mol. The van der Waals surface area contributed by atoms with Crippen LogP contribution in [0.1, 0.15) is 48.7 Å². The number of hydrogen-bond donors (Lipinski definition) is 1. The molecule has 2 aromatic carbocycles. The molecule has 1 heterocycles. The highest BCUT2D eigenvalue weighted by Crippen LogP contribution is 2.17. The second kappa shape index (κ2) is 9.68. The number of ether oxygens (including phenoxy) is 1. The average molecular weight is 391 g/mol. The Bertz CT molecular complexity index is 933. The van der Waals surface area contributed by atoms with Gasteiger partial charge in [0.2, 0.25) is 5.91 Å². The summed E-state index contributed by atoms with van der Waals surface area (Å²) >= 11 is 0. The zero-order valence-electron chi connectivity index (χ0n) is 16.7. The zero-order chi connectivity index (χ0) is 20.6. The molecule has 6 heteroatoms. The Balaban J connectivity index is 1.49. The molecule has 0 unspecified atom stereocenters. The Labute approximate surface area is 170 Å². The summed E-state index contributed by atoms with van der Waals surface area (Å²) in [4.78, 5) is 28.6. The number of hydrogen-bond acceptors (Lipinski definition) is 4. The molecule has 1 amide bonds. The van der Waals surface area contributed by atoms with E-state index in [2.05, 4.69) is 10.3 Å². The zero-order valence-corrected chi connectivity index (χ0v) is 16.7.